The summed E-state index contributed by atoms with van der Waals surface area (Å²) in [7, 11) is 0. The Morgan fingerprint density at radius 1 is 1.03 bits per heavy atom. The molecule has 0 saturated carbocycles. The molecule has 0 radical (unpaired) electrons. The van der Waals surface area contributed by atoms with Crippen LogP contribution in [0.4, 0.5) is 0 Å². The van der Waals surface area contributed by atoms with Crippen molar-refractivity contribution in [2.75, 3.05) is 6.61 Å². The molecule has 0 heterocycles. The van der Waals surface area contributed by atoms with E-state index in [-0.39, 0.29) is 0 Å². The topological polar surface area (TPSA) is 69.6 Å². The number of nitrogens with one attached hydrogen (secondary N) is 1. The minimum Gasteiger partial charge on any atom is -0.480 e. The molecule has 0 amide bonds. The summed E-state index contributed by atoms with van der Waals surface area (Å²) in [5.41, 5.74) is 6.37. The molecule has 0 aliphatic rings. The van der Waals surface area contributed by atoms with E-state index in [0.717, 1.165) is 16.7 Å². The number of hydrogen-bond donors (Lipinski definition) is 3. The van der Waals surface area contributed by atoms with Gasteiger partial charge in [0.2, 0.25) is 0 Å². The Labute approximate surface area is 181 Å². The van der Waals surface area contributed by atoms with E-state index >= 15 is 0 Å². The summed E-state index contributed by atoms with van der Waals surface area (Å²) < 4.78 is 0. The Morgan fingerprint density at radius 3 is 2.47 bits per heavy atom. The number of hydrogen-bond acceptors (Lipinski definition) is 3. The fourth-order valence-corrected chi connectivity index (χ4v) is 3.43. The van der Waals surface area contributed by atoms with Crippen LogP contribution >= 0.6 is 11.6 Å². The Hall–Kier alpha value is -2.92. The first-order valence-electron chi connectivity index (χ1n) is 9.68. The van der Waals surface area contributed by atoms with Crippen molar-refractivity contribution in [1.29, 1.82) is 0 Å². The maximum absolute atomic E-state index is 11.0. The molecular weight excluding hydrogens is 398 g/mol. The van der Waals surface area contributed by atoms with Gasteiger partial charge < -0.3 is 10.2 Å². The third kappa shape index (κ3) is 5.36. The van der Waals surface area contributed by atoms with Gasteiger partial charge in [0.25, 0.3) is 0 Å². The Morgan fingerprint density at radius 2 is 1.77 bits per heavy atom. The summed E-state index contributed by atoms with van der Waals surface area (Å²) in [5.74, 6) is -1.08. The normalized spacial score (nSPS) is 12.2. The molecule has 5 heteroatoms. The molecule has 0 bridgehead atoms. The zero-order valence-corrected chi connectivity index (χ0v) is 17.4. The summed E-state index contributed by atoms with van der Waals surface area (Å²) in [6, 6.07) is 21.0. The summed E-state index contributed by atoms with van der Waals surface area (Å²) in [5, 5.41) is 21.6. The molecule has 0 spiro atoms. The van der Waals surface area contributed by atoms with Crippen molar-refractivity contribution in [3.05, 3.63) is 94.0 Å². The van der Waals surface area contributed by atoms with Gasteiger partial charge in [-0.2, -0.15) is 0 Å². The molecule has 3 rings (SSSR count). The van der Waals surface area contributed by atoms with Crippen LogP contribution < -0.4 is 5.32 Å². The van der Waals surface area contributed by atoms with Gasteiger partial charge in [0.1, 0.15) is 6.04 Å². The highest BCUT2D eigenvalue weighted by atomic mass is 35.5. The maximum atomic E-state index is 11.0. The SMILES string of the molecule is Cc1c(C=Cc2cc(CNC(CO)C(=O)O)ccc2Cl)cccc1-c1ccccc1. The number of aliphatic carboxylic acids is 1. The smallest absolute Gasteiger partial charge is 0.323 e. The molecule has 3 N–H and O–H groups in total. The van der Waals surface area contributed by atoms with Crippen LogP contribution in [0.3, 0.4) is 0 Å². The summed E-state index contributed by atoms with van der Waals surface area (Å²) in [4.78, 5) is 11.0. The molecule has 0 aromatic heterocycles. The third-order valence-corrected chi connectivity index (χ3v) is 5.34. The number of benzene rings is 3. The monoisotopic (exact) mass is 421 g/mol. The van der Waals surface area contributed by atoms with Crippen LogP contribution in [-0.2, 0) is 11.3 Å². The fourth-order valence-electron chi connectivity index (χ4n) is 3.25. The van der Waals surface area contributed by atoms with E-state index in [0.29, 0.717) is 11.6 Å². The lowest BCUT2D eigenvalue weighted by Crippen LogP contribution is -2.39. The minimum atomic E-state index is -1.08. The van der Waals surface area contributed by atoms with Gasteiger partial charge in [0.15, 0.2) is 0 Å². The lowest BCUT2D eigenvalue weighted by Gasteiger charge is -2.12. The van der Waals surface area contributed by atoms with Gasteiger partial charge in [-0.15, -0.1) is 0 Å². The average Bonchev–Trinajstić information content (AvgIpc) is 2.75. The molecule has 30 heavy (non-hydrogen) atoms. The molecule has 0 fully saturated rings. The first-order chi connectivity index (χ1) is 14.5. The largest absolute Gasteiger partial charge is 0.480 e. The van der Waals surface area contributed by atoms with E-state index < -0.39 is 18.6 Å². The van der Waals surface area contributed by atoms with Crippen LogP contribution in [0, 0.1) is 6.92 Å². The van der Waals surface area contributed by atoms with E-state index in [1.54, 1.807) is 6.07 Å². The first kappa shape index (κ1) is 21.8. The van der Waals surface area contributed by atoms with E-state index in [1.165, 1.54) is 16.7 Å². The quantitative estimate of drug-likeness (QED) is 0.446. The number of aliphatic hydroxyl groups excluding tert-OH is 1. The second kappa shape index (κ2) is 10.2. The second-order valence-corrected chi connectivity index (χ2v) is 7.44. The number of carboxylic acid groups (broad SMARTS) is 1. The molecule has 3 aromatic rings. The highest BCUT2D eigenvalue weighted by molar-refractivity contribution is 6.32. The van der Waals surface area contributed by atoms with Gasteiger partial charge >= 0.3 is 5.97 Å². The Bertz CT molecular complexity index is 1050. The standard InChI is InChI=1S/C25H24ClNO3/c1-17-19(8-5-9-22(17)20-6-3-2-4-7-20)11-12-21-14-18(10-13-23(21)26)15-27-24(16-28)25(29)30/h2-14,24,27-28H,15-16H2,1H3,(H,29,30). The summed E-state index contributed by atoms with van der Waals surface area (Å²) >= 11 is 6.36. The molecule has 1 unspecified atom stereocenters. The first-order valence-corrected chi connectivity index (χ1v) is 10.1. The van der Waals surface area contributed by atoms with Crippen LogP contribution in [0.1, 0.15) is 22.3 Å². The fraction of sp³-hybridized carbons (Fsp3) is 0.160. The molecule has 0 aliphatic carbocycles. The van der Waals surface area contributed by atoms with Crippen molar-refractivity contribution in [2.45, 2.75) is 19.5 Å². The number of carbonyl (C=O) groups is 1. The zero-order chi connectivity index (χ0) is 21.5. The third-order valence-electron chi connectivity index (χ3n) is 5.00. The van der Waals surface area contributed by atoms with Crippen molar-refractivity contribution in [3.8, 4) is 11.1 Å². The molecule has 1 atom stereocenters. The van der Waals surface area contributed by atoms with Crippen molar-refractivity contribution in [2.24, 2.45) is 0 Å². The minimum absolute atomic E-state index is 0.318. The van der Waals surface area contributed by atoms with E-state index in [1.807, 2.05) is 48.6 Å². The highest BCUT2D eigenvalue weighted by Gasteiger charge is 2.15. The lowest BCUT2D eigenvalue weighted by molar-refractivity contribution is -0.140. The van der Waals surface area contributed by atoms with Crippen LogP contribution in [0.15, 0.2) is 66.7 Å². The molecule has 154 valence electrons. The van der Waals surface area contributed by atoms with E-state index in [9.17, 15) is 4.79 Å². The number of rotatable bonds is 8. The summed E-state index contributed by atoms with van der Waals surface area (Å²) in [6.45, 7) is 1.95. The second-order valence-electron chi connectivity index (χ2n) is 7.03. The summed E-state index contributed by atoms with van der Waals surface area (Å²) in [6.07, 6.45) is 4.00. The van der Waals surface area contributed by atoms with Gasteiger partial charge in [0, 0.05) is 11.6 Å². The highest BCUT2D eigenvalue weighted by Crippen LogP contribution is 2.27. The lowest BCUT2D eigenvalue weighted by atomic mass is 9.96. The molecular formula is C25H24ClNO3. The van der Waals surface area contributed by atoms with Gasteiger partial charge in [-0.1, -0.05) is 78.4 Å². The molecule has 0 saturated heterocycles. The molecule has 0 aliphatic heterocycles. The van der Waals surface area contributed by atoms with E-state index in [4.69, 9.17) is 21.8 Å². The van der Waals surface area contributed by atoms with Crippen LogP contribution in [0.25, 0.3) is 23.3 Å². The van der Waals surface area contributed by atoms with Crippen LogP contribution in [-0.4, -0.2) is 28.8 Å². The molecule has 4 nitrogen and oxygen atoms in total. The predicted octanol–water partition coefficient (Wildman–Crippen LogP) is 5.02. The van der Waals surface area contributed by atoms with Crippen LogP contribution in [0.5, 0.6) is 0 Å². The van der Waals surface area contributed by atoms with Crippen molar-refractivity contribution in [3.63, 3.8) is 0 Å². The van der Waals surface area contributed by atoms with Gasteiger partial charge in [-0.25, -0.2) is 0 Å². The Balaban J connectivity index is 1.82. The van der Waals surface area contributed by atoms with Crippen LogP contribution in [0.2, 0.25) is 5.02 Å². The number of carboxylic acids is 1. The van der Waals surface area contributed by atoms with Crippen molar-refractivity contribution in [1.82, 2.24) is 5.32 Å². The average molecular weight is 422 g/mol. The maximum Gasteiger partial charge on any atom is 0.323 e. The number of halogens is 1. The number of aliphatic hydroxyl groups is 1. The van der Waals surface area contributed by atoms with Gasteiger partial charge in [0.05, 0.1) is 6.61 Å². The van der Waals surface area contributed by atoms with Gasteiger partial charge in [-0.05, 0) is 52.4 Å². The van der Waals surface area contributed by atoms with Gasteiger partial charge in [-0.3, -0.25) is 10.1 Å². The van der Waals surface area contributed by atoms with E-state index in [2.05, 4.69) is 36.5 Å². The molecule has 3 aromatic carbocycles. The van der Waals surface area contributed by atoms with Crippen molar-refractivity contribution < 1.29 is 15.0 Å². The predicted molar refractivity (Wildman–Crippen MR) is 122 cm³/mol. The van der Waals surface area contributed by atoms with Crippen molar-refractivity contribution >= 4 is 29.7 Å². The Kier molecular flexibility index (Phi) is 7.41. The zero-order valence-electron chi connectivity index (χ0n) is 16.7.